The van der Waals surface area contributed by atoms with Gasteiger partial charge in [0.1, 0.15) is 11.6 Å². The molecule has 1 heterocycles. The number of aliphatic hydroxyl groups excluding tert-OH is 1. The van der Waals surface area contributed by atoms with Crippen molar-refractivity contribution < 1.29 is 14.6 Å². The van der Waals surface area contributed by atoms with Crippen LogP contribution in [0.2, 0.25) is 0 Å². The molecule has 0 aromatic heterocycles. The highest BCUT2D eigenvalue weighted by atomic mass is 16.6. The molecule has 0 saturated carbocycles. The summed E-state index contributed by atoms with van der Waals surface area (Å²) < 4.78 is 5.34. The van der Waals surface area contributed by atoms with Crippen LogP contribution in [0.4, 0.5) is 0 Å². The summed E-state index contributed by atoms with van der Waals surface area (Å²) in [6.45, 7) is 7.15. The molecule has 15 heavy (non-hydrogen) atoms. The van der Waals surface area contributed by atoms with Gasteiger partial charge in [-0.25, -0.2) is 0 Å². The first-order valence-corrected chi connectivity index (χ1v) is 5.52. The summed E-state index contributed by atoms with van der Waals surface area (Å²) in [5.74, 6) is -0.159. The molecule has 0 spiro atoms. The number of hydrogen-bond acceptors (Lipinski definition) is 4. The van der Waals surface area contributed by atoms with Gasteiger partial charge in [0.2, 0.25) is 0 Å². The van der Waals surface area contributed by atoms with Crippen molar-refractivity contribution >= 4 is 5.97 Å². The molecule has 0 aromatic carbocycles. The summed E-state index contributed by atoms with van der Waals surface area (Å²) >= 11 is 0. The maximum atomic E-state index is 11.8. The van der Waals surface area contributed by atoms with Crippen molar-refractivity contribution in [3.63, 3.8) is 0 Å². The maximum absolute atomic E-state index is 11.8. The molecule has 88 valence electrons. The Labute approximate surface area is 91.2 Å². The first-order chi connectivity index (χ1) is 6.94. The van der Waals surface area contributed by atoms with E-state index in [2.05, 4.69) is 0 Å². The second kappa shape index (κ2) is 4.94. The summed E-state index contributed by atoms with van der Waals surface area (Å²) in [5, 5.41) is 8.87. The second-order valence-electron chi connectivity index (χ2n) is 4.95. The van der Waals surface area contributed by atoms with Crippen LogP contribution in [0.3, 0.4) is 0 Å². The van der Waals surface area contributed by atoms with Crippen LogP contribution >= 0.6 is 0 Å². The van der Waals surface area contributed by atoms with Gasteiger partial charge < -0.3 is 9.84 Å². The van der Waals surface area contributed by atoms with E-state index in [1.165, 1.54) is 0 Å². The van der Waals surface area contributed by atoms with E-state index in [0.717, 1.165) is 19.4 Å². The van der Waals surface area contributed by atoms with E-state index in [4.69, 9.17) is 9.84 Å². The maximum Gasteiger partial charge on any atom is 0.323 e. The third-order valence-electron chi connectivity index (χ3n) is 2.43. The Morgan fingerprint density at radius 2 is 2.20 bits per heavy atom. The Kier molecular flexibility index (Phi) is 4.11. The fourth-order valence-corrected chi connectivity index (χ4v) is 1.86. The van der Waals surface area contributed by atoms with Crippen LogP contribution in [0.15, 0.2) is 0 Å². The molecule has 1 rings (SSSR count). The van der Waals surface area contributed by atoms with Gasteiger partial charge in [-0.05, 0) is 40.2 Å². The van der Waals surface area contributed by atoms with Crippen molar-refractivity contribution in [1.29, 1.82) is 0 Å². The van der Waals surface area contributed by atoms with Gasteiger partial charge in [-0.3, -0.25) is 9.69 Å². The average molecular weight is 215 g/mol. The van der Waals surface area contributed by atoms with E-state index >= 15 is 0 Å². The van der Waals surface area contributed by atoms with Crippen LogP contribution in [0.1, 0.15) is 33.6 Å². The summed E-state index contributed by atoms with van der Waals surface area (Å²) in [4.78, 5) is 13.8. The van der Waals surface area contributed by atoms with E-state index in [9.17, 15) is 4.79 Å². The topological polar surface area (TPSA) is 49.8 Å². The van der Waals surface area contributed by atoms with Gasteiger partial charge in [-0.2, -0.15) is 0 Å². The summed E-state index contributed by atoms with van der Waals surface area (Å²) in [7, 11) is 0. The lowest BCUT2D eigenvalue weighted by atomic mass is 10.1. The molecule has 1 unspecified atom stereocenters. The van der Waals surface area contributed by atoms with Crippen LogP contribution in [0, 0.1) is 0 Å². The van der Waals surface area contributed by atoms with E-state index in [1.807, 2.05) is 25.7 Å². The molecule has 4 heteroatoms. The fraction of sp³-hybridized carbons (Fsp3) is 0.909. The predicted molar refractivity (Wildman–Crippen MR) is 57.5 cm³/mol. The van der Waals surface area contributed by atoms with Gasteiger partial charge in [0.25, 0.3) is 0 Å². The minimum absolute atomic E-state index is 0.0965. The Balaban J connectivity index is 2.51. The molecule has 0 radical (unpaired) electrons. The number of β-amino-alcohol motifs (C(OH)–C–C–N with tert-alkyl or cyclic N) is 1. The normalized spacial score (nSPS) is 23.1. The predicted octanol–water partition coefficient (Wildman–Crippen LogP) is 0.785. The molecule has 1 atom stereocenters. The highest BCUT2D eigenvalue weighted by Crippen LogP contribution is 2.20. The Bertz CT molecular complexity index is 222. The second-order valence-corrected chi connectivity index (χ2v) is 4.95. The lowest BCUT2D eigenvalue weighted by Gasteiger charge is -2.26. The summed E-state index contributed by atoms with van der Waals surface area (Å²) in [6, 6.07) is -0.156. The van der Waals surface area contributed by atoms with Gasteiger partial charge in [0.15, 0.2) is 0 Å². The lowest BCUT2D eigenvalue weighted by Crippen LogP contribution is -2.41. The zero-order chi connectivity index (χ0) is 11.5. The summed E-state index contributed by atoms with van der Waals surface area (Å²) in [5.41, 5.74) is -0.426. The number of nitrogens with zero attached hydrogens (tertiary/aromatic N) is 1. The number of rotatable bonds is 3. The number of hydrogen-bond donors (Lipinski definition) is 1. The first kappa shape index (κ1) is 12.5. The Morgan fingerprint density at radius 1 is 1.53 bits per heavy atom. The molecule has 0 amide bonds. The van der Waals surface area contributed by atoms with Crippen molar-refractivity contribution in [2.45, 2.75) is 45.3 Å². The van der Waals surface area contributed by atoms with E-state index < -0.39 is 5.60 Å². The fourth-order valence-electron chi connectivity index (χ4n) is 1.86. The highest BCUT2D eigenvalue weighted by molar-refractivity contribution is 5.76. The van der Waals surface area contributed by atoms with Crippen LogP contribution in [-0.4, -0.2) is 47.3 Å². The van der Waals surface area contributed by atoms with Crippen LogP contribution in [0.25, 0.3) is 0 Å². The van der Waals surface area contributed by atoms with E-state index in [-0.39, 0.29) is 18.6 Å². The average Bonchev–Trinajstić information content (AvgIpc) is 2.49. The van der Waals surface area contributed by atoms with Gasteiger partial charge >= 0.3 is 5.97 Å². The zero-order valence-electron chi connectivity index (χ0n) is 9.82. The monoisotopic (exact) mass is 215 g/mol. The van der Waals surface area contributed by atoms with Crippen molar-refractivity contribution in [2.75, 3.05) is 19.7 Å². The molecule has 4 nitrogen and oxygen atoms in total. The minimum atomic E-state index is -0.426. The highest BCUT2D eigenvalue weighted by Gasteiger charge is 2.33. The number of esters is 1. The molecular formula is C11H21NO3. The van der Waals surface area contributed by atoms with Crippen LogP contribution < -0.4 is 0 Å². The van der Waals surface area contributed by atoms with Crippen LogP contribution in [-0.2, 0) is 9.53 Å². The Hall–Kier alpha value is -0.610. The van der Waals surface area contributed by atoms with Gasteiger partial charge in [0, 0.05) is 6.54 Å². The molecule has 1 aliphatic rings. The molecule has 1 aliphatic heterocycles. The van der Waals surface area contributed by atoms with Gasteiger partial charge in [-0.15, -0.1) is 0 Å². The standard InChI is InChI=1S/C11H21NO3/c1-11(2,3)15-10(14)9-5-4-6-12(9)7-8-13/h9,13H,4-8H2,1-3H3. The minimum Gasteiger partial charge on any atom is -0.459 e. The van der Waals surface area contributed by atoms with Crippen molar-refractivity contribution in [2.24, 2.45) is 0 Å². The zero-order valence-corrected chi connectivity index (χ0v) is 9.82. The quantitative estimate of drug-likeness (QED) is 0.707. The number of likely N-dealkylation sites (tertiary alicyclic amines) is 1. The molecule has 1 N–H and O–H groups in total. The summed E-state index contributed by atoms with van der Waals surface area (Å²) in [6.07, 6.45) is 1.85. The molecule has 1 fully saturated rings. The lowest BCUT2D eigenvalue weighted by molar-refractivity contribution is -0.160. The Morgan fingerprint density at radius 3 is 2.73 bits per heavy atom. The van der Waals surface area contributed by atoms with Crippen molar-refractivity contribution in [3.05, 3.63) is 0 Å². The molecule has 0 aliphatic carbocycles. The van der Waals surface area contributed by atoms with Gasteiger partial charge in [0.05, 0.1) is 6.61 Å². The van der Waals surface area contributed by atoms with E-state index in [0.29, 0.717) is 6.54 Å². The van der Waals surface area contributed by atoms with Crippen molar-refractivity contribution in [3.8, 4) is 0 Å². The number of carbonyl (C=O) groups is 1. The largest absolute Gasteiger partial charge is 0.459 e. The number of carbonyl (C=O) groups excluding carboxylic acids is 1. The van der Waals surface area contributed by atoms with Crippen LogP contribution in [0.5, 0.6) is 0 Å². The number of ether oxygens (including phenoxy) is 1. The third kappa shape index (κ3) is 3.80. The third-order valence-corrected chi connectivity index (χ3v) is 2.43. The molecule has 0 aromatic rings. The molecule has 1 saturated heterocycles. The SMILES string of the molecule is CC(C)(C)OC(=O)C1CCCN1CCO. The van der Waals surface area contributed by atoms with Gasteiger partial charge in [-0.1, -0.05) is 0 Å². The molecular weight excluding hydrogens is 194 g/mol. The first-order valence-electron chi connectivity index (χ1n) is 5.52. The smallest absolute Gasteiger partial charge is 0.323 e. The van der Waals surface area contributed by atoms with E-state index in [1.54, 1.807) is 0 Å². The molecule has 0 bridgehead atoms. The van der Waals surface area contributed by atoms with Crippen molar-refractivity contribution in [1.82, 2.24) is 4.90 Å². The number of aliphatic hydroxyl groups is 1.